The first-order valence-electron chi connectivity index (χ1n) is 9.16. The van der Waals surface area contributed by atoms with Crippen LogP contribution in [0.1, 0.15) is 65.8 Å². The third kappa shape index (κ3) is 4.18. The van der Waals surface area contributed by atoms with E-state index in [-0.39, 0.29) is 11.3 Å². The molecular weight excluding hydrogens is 392 g/mol. The topological polar surface area (TPSA) is 108 Å². The molecule has 0 saturated carbocycles. The van der Waals surface area contributed by atoms with Crippen LogP contribution >= 0.6 is 11.3 Å². The summed E-state index contributed by atoms with van der Waals surface area (Å²) in [5, 5.41) is 3.14. The molecule has 29 heavy (non-hydrogen) atoms. The maximum atomic E-state index is 12.9. The molecule has 2 heterocycles. The standard InChI is InChI=1S/C21H24N2O5S/c1-11(24)27-14-9-7-6-8-12(14)18(26)23-19-15(17(22)25)13-10-20(2,3)28-21(4,5)16(13)29-19/h6-9H,10H2,1-5H3,(H2,22,25)(H,23,26). The van der Waals surface area contributed by atoms with E-state index in [1.807, 2.05) is 27.7 Å². The number of fused-ring (bicyclic) bond motifs is 1. The Morgan fingerprint density at radius 3 is 2.45 bits per heavy atom. The van der Waals surface area contributed by atoms with Crippen molar-refractivity contribution in [2.45, 2.75) is 52.2 Å². The van der Waals surface area contributed by atoms with Gasteiger partial charge in [-0.2, -0.15) is 0 Å². The van der Waals surface area contributed by atoms with Crippen molar-refractivity contribution in [3.05, 3.63) is 45.8 Å². The number of carbonyl (C=O) groups is 3. The maximum Gasteiger partial charge on any atom is 0.308 e. The summed E-state index contributed by atoms with van der Waals surface area (Å²) < 4.78 is 11.3. The van der Waals surface area contributed by atoms with E-state index in [4.69, 9.17) is 15.2 Å². The summed E-state index contributed by atoms with van der Waals surface area (Å²) in [5.41, 5.74) is 5.84. The first kappa shape index (κ1) is 21.0. The molecule has 3 rings (SSSR count). The number of carbonyl (C=O) groups excluding carboxylic acids is 3. The van der Waals surface area contributed by atoms with E-state index in [2.05, 4.69) is 5.32 Å². The average molecular weight is 416 g/mol. The summed E-state index contributed by atoms with van der Waals surface area (Å²) in [5.74, 6) is -1.50. The molecule has 1 aliphatic rings. The SMILES string of the molecule is CC(=O)Oc1ccccc1C(=O)Nc1sc2c(c1C(N)=O)CC(C)(C)OC2(C)C. The highest BCUT2D eigenvalue weighted by atomic mass is 32.1. The minimum absolute atomic E-state index is 0.143. The number of para-hydroxylation sites is 1. The van der Waals surface area contributed by atoms with E-state index in [9.17, 15) is 14.4 Å². The number of esters is 1. The van der Waals surface area contributed by atoms with Gasteiger partial charge in [0.1, 0.15) is 10.8 Å². The number of amides is 2. The number of anilines is 1. The second-order valence-corrected chi connectivity index (χ2v) is 9.09. The fourth-order valence-electron chi connectivity index (χ4n) is 3.74. The fourth-order valence-corrected chi connectivity index (χ4v) is 4.99. The third-order valence-electron chi connectivity index (χ3n) is 4.55. The number of nitrogens with one attached hydrogen (secondary N) is 1. The molecule has 0 bridgehead atoms. The zero-order chi connectivity index (χ0) is 21.6. The van der Waals surface area contributed by atoms with E-state index in [0.717, 1.165) is 10.4 Å². The average Bonchev–Trinajstić information content (AvgIpc) is 2.91. The molecule has 8 heteroatoms. The van der Waals surface area contributed by atoms with E-state index in [1.54, 1.807) is 18.2 Å². The van der Waals surface area contributed by atoms with Crippen molar-refractivity contribution in [2.75, 3.05) is 5.32 Å². The number of benzene rings is 1. The molecule has 0 aliphatic carbocycles. The normalized spacial score (nSPS) is 16.6. The van der Waals surface area contributed by atoms with Gasteiger partial charge in [-0.3, -0.25) is 14.4 Å². The number of nitrogens with two attached hydrogens (primary N) is 1. The van der Waals surface area contributed by atoms with Crippen molar-refractivity contribution in [3.63, 3.8) is 0 Å². The van der Waals surface area contributed by atoms with Crippen molar-refractivity contribution in [3.8, 4) is 5.75 Å². The van der Waals surface area contributed by atoms with Crippen LogP contribution in [0.5, 0.6) is 5.75 Å². The Morgan fingerprint density at radius 2 is 1.83 bits per heavy atom. The summed E-state index contributed by atoms with van der Waals surface area (Å²) in [4.78, 5) is 37.4. The number of ether oxygens (including phenoxy) is 2. The molecule has 1 aliphatic heterocycles. The Bertz CT molecular complexity index is 1010. The molecule has 154 valence electrons. The van der Waals surface area contributed by atoms with Crippen LogP contribution in [-0.4, -0.2) is 23.4 Å². The Morgan fingerprint density at radius 1 is 1.17 bits per heavy atom. The van der Waals surface area contributed by atoms with E-state index in [0.29, 0.717) is 17.0 Å². The third-order valence-corrected chi connectivity index (χ3v) is 6.00. The summed E-state index contributed by atoms with van der Waals surface area (Å²) >= 11 is 1.28. The molecule has 0 radical (unpaired) electrons. The molecule has 2 aromatic rings. The van der Waals surface area contributed by atoms with Crippen LogP contribution in [-0.2, 0) is 21.6 Å². The zero-order valence-corrected chi connectivity index (χ0v) is 17.9. The van der Waals surface area contributed by atoms with E-state index >= 15 is 0 Å². The zero-order valence-electron chi connectivity index (χ0n) is 17.0. The molecule has 0 unspecified atom stereocenters. The lowest BCUT2D eigenvalue weighted by molar-refractivity contribution is -0.136. The lowest BCUT2D eigenvalue weighted by atomic mass is 9.86. The largest absolute Gasteiger partial charge is 0.426 e. The van der Waals surface area contributed by atoms with Crippen LogP contribution in [0.25, 0.3) is 0 Å². The molecular formula is C21H24N2O5S. The highest BCUT2D eigenvalue weighted by Gasteiger charge is 2.43. The number of primary amides is 1. The number of thiophene rings is 1. The molecule has 0 fully saturated rings. The van der Waals surface area contributed by atoms with Gasteiger partial charge in [-0.15, -0.1) is 11.3 Å². The molecule has 7 nitrogen and oxygen atoms in total. The quantitative estimate of drug-likeness (QED) is 0.585. The molecule has 2 amide bonds. The lowest BCUT2D eigenvalue weighted by Crippen LogP contribution is -2.42. The molecule has 1 aromatic carbocycles. The fraction of sp³-hybridized carbons (Fsp3) is 0.381. The highest BCUT2D eigenvalue weighted by molar-refractivity contribution is 7.17. The minimum atomic E-state index is -0.634. The monoisotopic (exact) mass is 416 g/mol. The number of rotatable bonds is 4. The van der Waals surface area contributed by atoms with Crippen LogP contribution in [0.2, 0.25) is 0 Å². The van der Waals surface area contributed by atoms with E-state index < -0.39 is 29.0 Å². The second-order valence-electron chi connectivity index (χ2n) is 8.07. The first-order chi connectivity index (χ1) is 13.4. The van der Waals surface area contributed by atoms with Gasteiger partial charge in [-0.1, -0.05) is 12.1 Å². The lowest BCUT2D eigenvalue weighted by Gasteiger charge is -2.41. The highest BCUT2D eigenvalue weighted by Crippen LogP contribution is 2.48. The van der Waals surface area contributed by atoms with Crippen LogP contribution in [0.15, 0.2) is 24.3 Å². The summed E-state index contributed by atoms with van der Waals surface area (Å²) in [6.07, 6.45) is 0.500. The summed E-state index contributed by atoms with van der Waals surface area (Å²) in [6.45, 7) is 9.02. The molecule has 0 saturated heterocycles. The summed E-state index contributed by atoms with van der Waals surface area (Å²) in [6, 6.07) is 6.40. The molecule has 3 N–H and O–H groups in total. The van der Waals surface area contributed by atoms with Crippen molar-refractivity contribution in [1.82, 2.24) is 0 Å². The van der Waals surface area contributed by atoms with Gasteiger partial charge < -0.3 is 20.5 Å². The van der Waals surface area contributed by atoms with Crippen molar-refractivity contribution < 1.29 is 23.9 Å². The van der Waals surface area contributed by atoms with Gasteiger partial charge in [-0.05, 0) is 45.4 Å². The Balaban J connectivity index is 2.04. The predicted molar refractivity (Wildman–Crippen MR) is 110 cm³/mol. The number of hydrogen-bond acceptors (Lipinski definition) is 6. The maximum absolute atomic E-state index is 12.9. The van der Waals surface area contributed by atoms with Gasteiger partial charge in [0.25, 0.3) is 11.8 Å². The smallest absolute Gasteiger partial charge is 0.308 e. The van der Waals surface area contributed by atoms with Crippen LogP contribution in [0.4, 0.5) is 5.00 Å². The Labute approximate surface area is 173 Å². The van der Waals surface area contributed by atoms with Gasteiger partial charge in [0, 0.05) is 18.2 Å². The number of hydrogen-bond donors (Lipinski definition) is 2. The second kappa shape index (κ2) is 7.27. The van der Waals surface area contributed by atoms with E-state index in [1.165, 1.54) is 24.3 Å². The van der Waals surface area contributed by atoms with Gasteiger partial charge in [0.2, 0.25) is 0 Å². The van der Waals surface area contributed by atoms with Crippen LogP contribution in [0, 0.1) is 0 Å². The van der Waals surface area contributed by atoms with Gasteiger partial charge in [0.15, 0.2) is 0 Å². The van der Waals surface area contributed by atoms with Crippen molar-refractivity contribution in [2.24, 2.45) is 5.73 Å². The Kier molecular flexibility index (Phi) is 5.27. The first-order valence-corrected chi connectivity index (χ1v) is 9.98. The van der Waals surface area contributed by atoms with Crippen molar-refractivity contribution in [1.29, 1.82) is 0 Å². The van der Waals surface area contributed by atoms with Crippen LogP contribution in [0.3, 0.4) is 0 Å². The van der Waals surface area contributed by atoms with Gasteiger partial charge >= 0.3 is 5.97 Å². The van der Waals surface area contributed by atoms with Crippen LogP contribution < -0.4 is 15.8 Å². The molecule has 1 aromatic heterocycles. The van der Waals surface area contributed by atoms with Gasteiger partial charge in [-0.25, -0.2) is 0 Å². The molecule has 0 spiro atoms. The minimum Gasteiger partial charge on any atom is -0.426 e. The Hall–Kier alpha value is -2.71. The summed E-state index contributed by atoms with van der Waals surface area (Å²) in [7, 11) is 0. The predicted octanol–water partition coefficient (Wildman–Crippen LogP) is 3.61. The molecule has 0 atom stereocenters. The van der Waals surface area contributed by atoms with Gasteiger partial charge in [0.05, 0.1) is 22.3 Å². The van der Waals surface area contributed by atoms with Crippen molar-refractivity contribution >= 4 is 34.1 Å².